The average molecular weight is 175 g/mol. The van der Waals surface area contributed by atoms with Gasteiger partial charge in [-0.3, -0.25) is 4.98 Å². The van der Waals surface area contributed by atoms with Crippen LogP contribution in [0, 0.1) is 0 Å². The number of thiazole rings is 1. The van der Waals surface area contributed by atoms with Crippen LogP contribution >= 0.6 is 11.3 Å². The van der Waals surface area contributed by atoms with Crippen molar-refractivity contribution in [3.63, 3.8) is 0 Å². The van der Waals surface area contributed by atoms with Crippen LogP contribution in [0.2, 0.25) is 0 Å². The van der Waals surface area contributed by atoms with Gasteiger partial charge in [-0.1, -0.05) is 0 Å². The van der Waals surface area contributed by atoms with Gasteiger partial charge in [0.2, 0.25) is 0 Å². The SMILES string of the molecule is O=C(O)C(=O)O.c1cscn1. The molecular weight excluding hydrogens is 170 g/mol. The molecule has 1 rings (SSSR count). The molecule has 2 N–H and O–H groups in total. The molecule has 0 unspecified atom stereocenters. The highest BCUT2D eigenvalue weighted by Gasteiger charge is 2.04. The molecule has 5 nitrogen and oxygen atoms in total. The zero-order valence-corrected chi connectivity index (χ0v) is 6.11. The molecule has 11 heavy (non-hydrogen) atoms. The maximum atomic E-state index is 9.10. The van der Waals surface area contributed by atoms with Gasteiger partial charge < -0.3 is 10.2 Å². The molecule has 0 bridgehead atoms. The van der Waals surface area contributed by atoms with Crippen LogP contribution < -0.4 is 0 Å². The number of aliphatic carboxylic acids is 2. The van der Waals surface area contributed by atoms with Gasteiger partial charge in [0.05, 0.1) is 5.51 Å². The van der Waals surface area contributed by atoms with Crippen LogP contribution in [0.5, 0.6) is 0 Å². The monoisotopic (exact) mass is 175 g/mol. The van der Waals surface area contributed by atoms with E-state index in [0.717, 1.165) is 0 Å². The van der Waals surface area contributed by atoms with E-state index in [4.69, 9.17) is 19.8 Å². The third-order valence-corrected chi connectivity index (χ3v) is 1.05. The lowest BCUT2D eigenvalue weighted by Crippen LogP contribution is -2.09. The van der Waals surface area contributed by atoms with Crippen molar-refractivity contribution in [3.8, 4) is 0 Å². The highest BCUT2D eigenvalue weighted by atomic mass is 32.1. The van der Waals surface area contributed by atoms with Crippen molar-refractivity contribution >= 4 is 23.3 Å². The van der Waals surface area contributed by atoms with Gasteiger partial charge in [0.1, 0.15) is 0 Å². The van der Waals surface area contributed by atoms with Crippen LogP contribution in [0.25, 0.3) is 0 Å². The van der Waals surface area contributed by atoms with E-state index >= 15 is 0 Å². The summed E-state index contributed by atoms with van der Waals surface area (Å²) in [5.41, 5.74) is 1.79. The number of carbonyl (C=O) groups is 2. The molecule has 6 heteroatoms. The largest absolute Gasteiger partial charge is 0.473 e. The highest BCUT2D eigenvalue weighted by molar-refractivity contribution is 7.07. The van der Waals surface area contributed by atoms with Crippen LogP contribution in [-0.4, -0.2) is 27.1 Å². The average Bonchev–Trinajstić information content (AvgIpc) is 2.41. The molecular formula is C5H5NO4S. The first-order valence-corrected chi connectivity index (χ1v) is 3.37. The number of carboxylic acid groups (broad SMARTS) is 2. The van der Waals surface area contributed by atoms with Crippen LogP contribution in [0.1, 0.15) is 0 Å². The summed E-state index contributed by atoms with van der Waals surface area (Å²) in [6.07, 6.45) is 1.77. The molecule has 0 aliphatic heterocycles. The summed E-state index contributed by atoms with van der Waals surface area (Å²) in [6.45, 7) is 0. The summed E-state index contributed by atoms with van der Waals surface area (Å²) in [5.74, 6) is -3.65. The summed E-state index contributed by atoms with van der Waals surface area (Å²) >= 11 is 1.60. The lowest BCUT2D eigenvalue weighted by molar-refractivity contribution is -0.159. The number of hydrogen-bond donors (Lipinski definition) is 2. The van der Waals surface area contributed by atoms with Crippen LogP contribution in [0.15, 0.2) is 17.1 Å². The number of aromatic nitrogens is 1. The van der Waals surface area contributed by atoms with Crippen LogP contribution in [0.4, 0.5) is 0 Å². The van der Waals surface area contributed by atoms with E-state index in [2.05, 4.69) is 4.98 Å². The first-order chi connectivity index (χ1) is 5.14. The second-order valence-corrected chi connectivity index (χ2v) is 2.04. The van der Waals surface area contributed by atoms with Gasteiger partial charge in [-0.2, -0.15) is 0 Å². The zero-order chi connectivity index (χ0) is 8.69. The first-order valence-electron chi connectivity index (χ1n) is 2.43. The quantitative estimate of drug-likeness (QED) is 0.553. The van der Waals surface area contributed by atoms with Gasteiger partial charge >= 0.3 is 11.9 Å². The number of rotatable bonds is 0. The Morgan fingerprint density at radius 3 is 1.91 bits per heavy atom. The number of hydrogen-bond acceptors (Lipinski definition) is 4. The Morgan fingerprint density at radius 1 is 1.27 bits per heavy atom. The van der Waals surface area contributed by atoms with E-state index in [1.807, 2.05) is 5.38 Å². The fourth-order valence-corrected chi connectivity index (χ4v) is 0.527. The Balaban J connectivity index is 0.000000183. The van der Waals surface area contributed by atoms with E-state index in [1.165, 1.54) is 0 Å². The lowest BCUT2D eigenvalue weighted by atomic mass is 10.7. The minimum absolute atomic E-state index is 1.60. The fraction of sp³-hybridized carbons (Fsp3) is 0. The molecule has 0 saturated heterocycles. The Morgan fingerprint density at radius 2 is 1.82 bits per heavy atom. The van der Waals surface area contributed by atoms with E-state index in [0.29, 0.717) is 0 Å². The number of nitrogens with zero attached hydrogens (tertiary/aromatic N) is 1. The maximum absolute atomic E-state index is 9.10. The second kappa shape index (κ2) is 5.36. The molecule has 0 aliphatic rings. The minimum Gasteiger partial charge on any atom is -0.473 e. The van der Waals surface area contributed by atoms with Gasteiger partial charge in [0.15, 0.2) is 0 Å². The molecule has 0 spiro atoms. The van der Waals surface area contributed by atoms with Crippen molar-refractivity contribution in [3.05, 3.63) is 17.1 Å². The molecule has 0 amide bonds. The fourth-order valence-electron chi connectivity index (χ4n) is 0.176. The molecule has 60 valence electrons. The standard InChI is InChI=1S/C3H3NS.C2H2O4/c1-2-5-3-4-1;3-1(4)2(5)6/h1-3H;(H,3,4)(H,5,6). The van der Waals surface area contributed by atoms with Crippen molar-refractivity contribution in [1.29, 1.82) is 0 Å². The number of carboxylic acids is 2. The smallest absolute Gasteiger partial charge is 0.414 e. The normalized spacial score (nSPS) is 7.64. The van der Waals surface area contributed by atoms with Gasteiger partial charge in [0.25, 0.3) is 0 Å². The zero-order valence-electron chi connectivity index (χ0n) is 5.30. The molecule has 0 saturated carbocycles. The van der Waals surface area contributed by atoms with Crippen LogP contribution in [0.3, 0.4) is 0 Å². The van der Waals surface area contributed by atoms with E-state index in [1.54, 1.807) is 23.0 Å². The second-order valence-electron chi connectivity index (χ2n) is 1.29. The molecule has 1 heterocycles. The molecule has 1 aromatic rings. The molecule has 0 aromatic carbocycles. The van der Waals surface area contributed by atoms with Crippen LogP contribution in [-0.2, 0) is 9.59 Å². The highest BCUT2D eigenvalue weighted by Crippen LogP contribution is 1.85. The molecule has 1 aromatic heterocycles. The first kappa shape index (κ1) is 9.57. The van der Waals surface area contributed by atoms with Crippen molar-refractivity contribution in [2.24, 2.45) is 0 Å². The van der Waals surface area contributed by atoms with E-state index < -0.39 is 11.9 Å². The summed E-state index contributed by atoms with van der Waals surface area (Å²) in [6, 6.07) is 0. The van der Waals surface area contributed by atoms with Crippen molar-refractivity contribution in [2.75, 3.05) is 0 Å². The van der Waals surface area contributed by atoms with E-state index in [9.17, 15) is 0 Å². The van der Waals surface area contributed by atoms with Gasteiger partial charge in [-0.05, 0) is 0 Å². The summed E-state index contributed by atoms with van der Waals surface area (Å²) in [7, 11) is 0. The van der Waals surface area contributed by atoms with Crippen molar-refractivity contribution in [1.82, 2.24) is 4.98 Å². The molecule has 0 fully saturated rings. The topological polar surface area (TPSA) is 87.5 Å². The van der Waals surface area contributed by atoms with Crippen molar-refractivity contribution in [2.45, 2.75) is 0 Å². The summed E-state index contributed by atoms with van der Waals surface area (Å²) < 4.78 is 0. The third kappa shape index (κ3) is 6.46. The Hall–Kier alpha value is -1.43. The summed E-state index contributed by atoms with van der Waals surface area (Å²) in [5, 5.41) is 16.7. The van der Waals surface area contributed by atoms with E-state index in [-0.39, 0.29) is 0 Å². The van der Waals surface area contributed by atoms with Gasteiger partial charge in [0, 0.05) is 11.6 Å². The predicted molar refractivity (Wildman–Crippen MR) is 37.4 cm³/mol. The molecule has 0 radical (unpaired) electrons. The predicted octanol–water partition coefficient (Wildman–Crippen LogP) is 0.299. The summed E-state index contributed by atoms with van der Waals surface area (Å²) in [4.78, 5) is 21.9. The maximum Gasteiger partial charge on any atom is 0.414 e. The van der Waals surface area contributed by atoms with Gasteiger partial charge in [-0.25, -0.2) is 9.59 Å². The Kier molecular flexibility index (Phi) is 4.67. The molecule has 0 atom stereocenters. The Bertz CT molecular complexity index is 191. The third-order valence-electron chi connectivity index (χ3n) is 0.530. The lowest BCUT2D eigenvalue weighted by Gasteiger charge is -1.72. The minimum atomic E-state index is -1.82. The van der Waals surface area contributed by atoms with Crippen molar-refractivity contribution < 1.29 is 19.8 Å². The molecule has 0 aliphatic carbocycles. The van der Waals surface area contributed by atoms with Gasteiger partial charge in [-0.15, -0.1) is 11.3 Å². The Labute approximate surface area is 65.9 Å².